The van der Waals surface area contributed by atoms with E-state index in [0.29, 0.717) is 35.2 Å². The Bertz CT molecular complexity index is 1160. The number of fused-ring (bicyclic) bond motifs is 2. The van der Waals surface area contributed by atoms with Crippen LogP contribution in [0.1, 0.15) is 28.0 Å². The number of rotatable bonds is 2. The standard InChI is InChI=1S/C21H17N3O3.HI/c1-23-17-8-3-2-7-16(17)20(22)19-18(23)10-9-14(21(19)25)11-13-5-4-6-15(12-13)24(26)27;/h2-8,11-12,22H,9-10H2,1H3;1H/b14-11+;. The Balaban J connectivity index is 0.00000225. The van der Waals surface area contributed by atoms with Gasteiger partial charge in [-0.3, -0.25) is 14.9 Å². The van der Waals surface area contributed by atoms with E-state index in [4.69, 9.17) is 5.73 Å². The van der Waals surface area contributed by atoms with Crippen molar-refractivity contribution in [2.24, 2.45) is 7.05 Å². The zero-order chi connectivity index (χ0) is 19.1. The minimum Gasteiger partial charge on any atom is -1.00 e. The topological polar surface area (TPSA) is 90.1 Å². The number of nitrogens with zero attached hydrogens (tertiary/aromatic N) is 2. The van der Waals surface area contributed by atoms with Crippen molar-refractivity contribution in [3.05, 3.63) is 81.0 Å². The van der Waals surface area contributed by atoms with Crippen molar-refractivity contribution in [1.29, 1.82) is 0 Å². The van der Waals surface area contributed by atoms with E-state index in [9.17, 15) is 14.9 Å². The van der Waals surface area contributed by atoms with E-state index in [1.165, 1.54) is 12.1 Å². The quantitative estimate of drug-likeness (QED) is 0.186. The third kappa shape index (κ3) is 3.26. The predicted molar refractivity (Wildman–Crippen MR) is 103 cm³/mol. The molecule has 1 aliphatic rings. The van der Waals surface area contributed by atoms with Crippen LogP contribution >= 0.6 is 0 Å². The van der Waals surface area contributed by atoms with Gasteiger partial charge >= 0.3 is 0 Å². The number of non-ortho nitro benzene ring substituents is 1. The molecule has 0 spiro atoms. The normalized spacial score (nSPS) is 14.6. The Morgan fingerprint density at radius 1 is 1.14 bits per heavy atom. The Kier molecular flexibility index (Phi) is 5.46. The smallest absolute Gasteiger partial charge is 0.270 e. The van der Waals surface area contributed by atoms with Crippen molar-refractivity contribution in [2.75, 3.05) is 5.73 Å². The maximum Gasteiger partial charge on any atom is 0.270 e. The van der Waals surface area contributed by atoms with Gasteiger partial charge in [-0.15, -0.1) is 0 Å². The van der Waals surface area contributed by atoms with E-state index in [1.54, 1.807) is 18.2 Å². The first kappa shape index (κ1) is 19.9. The second kappa shape index (κ2) is 7.67. The van der Waals surface area contributed by atoms with Crippen LogP contribution in [0.4, 0.5) is 11.4 Å². The molecular weight excluding hydrogens is 469 g/mol. The zero-order valence-electron chi connectivity index (χ0n) is 15.2. The van der Waals surface area contributed by atoms with Crippen molar-refractivity contribution in [3.8, 4) is 0 Å². The Hall–Kier alpha value is -2.81. The van der Waals surface area contributed by atoms with Gasteiger partial charge in [0.15, 0.2) is 11.5 Å². The van der Waals surface area contributed by atoms with Gasteiger partial charge < -0.3 is 29.7 Å². The van der Waals surface area contributed by atoms with Gasteiger partial charge in [-0.25, -0.2) is 0 Å². The van der Waals surface area contributed by atoms with Crippen LogP contribution in [0.2, 0.25) is 0 Å². The number of hydrogen-bond acceptors (Lipinski definition) is 4. The molecule has 2 aromatic carbocycles. The number of carbonyl (C=O) groups excluding carboxylic acids is 1. The molecule has 0 saturated carbocycles. The maximum atomic E-state index is 13.2. The van der Waals surface area contributed by atoms with E-state index in [0.717, 1.165) is 16.6 Å². The maximum absolute atomic E-state index is 13.2. The van der Waals surface area contributed by atoms with Crippen LogP contribution in [0.15, 0.2) is 54.1 Å². The zero-order valence-corrected chi connectivity index (χ0v) is 17.3. The van der Waals surface area contributed by atoms with Gasteiger partial charge in [0.05, 0.1) is 16.0 Å². The van der Waals surface area contributed by atoms with Crippen molar-refractivity contribution < 1.29 is 38.3 Å². The van der Waals surface area contributed by atoms with Crippen LogP contribution in [0.3, 0.4) is 0 Å². The first-order valence-corrected chi connectivity index (χ1v) is 8.66. The molecule has 0 radical (unpaired) electrons. The summed E-state index contributed by atoms with van der Waals surface area (Å²) in [6, 6.07) is 14.0. The largest absolute Gasteiger partial charge is 1.00 e. The van der Waals surface area contributed by atoms with Gasteiger partial charge in [-0.2, -0.15) is 4.57 Å². The third-order valence-electron chi connectivity index (χ3n) is 5.09. The predicted octanol–water partition coefficient (Wildman–Crippen LogP) is 0.371. The number of Topliss-reactive ketones (excluding diaryl/α,β-unsaturated/α-hetero) is 1. The number of pyridine rings is 1. The molecule has 0 amide bonds. The van der Waals surface area contributed by atoms with Crippen LogP contribution in [-0.2, 0) is 13.5 Å². The molecule has 6 nitrogen and oxygen atoms in total. The Labute approximate surface area is 178 Å². The molecule has 0 fully saturated rings. The number of ketones is 1. The van der Waals surface area contributed by atoms with Crippen LogP contribution < -0.4 is 34.3 Å². The number of halogens is 1. The number of nitro benzene ring substituents is 1. The molecule has 0 bridgehead atoms. The molecule has 0 unspecified atom stereocenters. The number of aryl methyl sites for hydroxylation is 1. The Morgan fingerprint density at radius 3 is 2.64 bits per heavy atom. The summed E-state index contributed by atoms with van der Waals surface area (Å²) in [6.45, 7) is 0. The molecule has 142 valence electrons. The van der Waals surface area contributed by atoms with Gasteiger partial charge in [-0.1, -0.05) is 24.3 Å². The molecule has 3 aromatic rings. The van der Waals surface area contributed by atoms with Crippen LogP contribution in [0, 0.1) is 10.1 Å². The minimum absolute atomic E-state index is 0. The van der Waals surface area contributed by atoms with Crippen LogP contribution in [0.25, 0.3) is 17.0 Å². The fourth-order valence-electron chi connectivity index (χ4n) is 3.74. The number of hydrogen-bond donors (Lipinski definition) is 1. The lowest BCUT2D eigenvalue weighted by molar-refractivity contribution is -0.653. The lowest BCUT2D eigenvalue weighted by Crippen LogP contribution is -3.00. The lowest BCUT2D eigenvalue weighted by atomic mass is 9.86. The summed E-state index contributed by atoms with van der Waals surface area (Å²) in [6.07, 6.45) is 2.99. The molecule has 7 heteroatoms. The third-order valence-corrected chi connectivity index (χ3v) is 5.09. The summed E-state index contributed by atoms with van der Waals surface area (Å²) < 4.78 is 2.03. The molecule has 0 saturated heterocycles. The fraction of sp³-hybridized carbons (Fsp3) is 0.143. The van der Waals surface area contributed by atoms with E-state index in [1.807, 2.05) is 35.9 Å². The van der Waals surface area contributed by atoms with E-state index in [2.05, 4.69) is 0 Å². The van der Waals surface area contributed by atoms with E-state index in [-0.39, 0.29) is 35.4 Å². The van der Waals surface area contributed by atoms with E-state index >= 15 is 0 Å². The van der Waals surface area contributed by atoms with E-state index < -0.39 is 4.92 Å². The van der Waals surface area contributed by atoms with Gasteiger partial charge in [0.1, 0.15) is 12.6 Å². The number of benzene rings is 2. The summed E-state index contributed by atoms with van der Waals surface area (Å²) in [4.78, 5) is 23.7. The highest BCUT2D eigenvalue weighted by molar-refractivity contribution is 6.18. The van der Waals surface area contributed by atoms with Crippen molar-refractivity contribution >= 4 is 34.1 Å². The molecule has 1 aromatic heterocycles. The number of nitrogens with two attached hydrogens (primary N) is 1. The molecule has 1 heterocycles. The summed E-state index contributed by atoms with van der Waals surface area (Å²) in [7, 11) is 1.95. The fourth-order valence-corrected chi connectivity index (χ4v) is 3.74. The highest BCUT2D eigenvalue weighted by Crippen LogP contribution is 2.33. The number of aromatic nitrogens is 1. The average Bonchev–Trinajstić information content (AvgIpc) is 2.68. The Morgan fingerprint density at radius 2 is 1.89 bits per heavy atom. The number of anilines is 1. The highest BCUT2D eigenvalue weighted by atomic mass is 127. The summed E-state index contributed by atoms with van der Waals surface area (Å²) >= 11 is 0. The number of carbonyl (C=O) groups is 1. The molecule has 2 N–H and O–H groups in total. The summed E-state index contributed by atoms with van der Waals surface area (Å²) in [5.41, 5.74) is 10.6. The number of para-hydroxylation sites is 1. The molecule has 28 heavy (non-hydrogen) atoms. The van der Waals surface area contributed by atoms with Crippen LogP contribution in [0.5, 0.6) is 0 Å². The molecule has 1 aliphatic carbocycles. The summed E-state index contributed by atoms with van der Waals surface area (Å²) in [5, 5.41) is 11.8. The van der Waals surface area contributed by atoms with Crippen LogP contribution in [-0.4, -0.2) is 10.7 Å². The number of nitro groups is 1. The van der Waals surface area contributed by atoms with Crippen molar-refractivity contribution in [3.63, 3.8) is 0 Å². The second-order valence-corrected chi connectivity index (χ2v) is 6.66. The lowest BCUT2D eigenvalue weighted by Gasteiger charge is -2.18. The minimum atomic E-state index is -0.440. The number of allylic oxidation sites excluding steroid dienone is 1. The highest BCUT2D eigenvalue weighted by Gasteiger charge is 2.32. The molecule has 0 aliphatic heterocycles. The van der Waals surface area contributed by atoms with Crippen molar-refractivity contribution in [1.82, 2.24) is 0 Å². The molecular formula is C21H18IN3O3. The van der Waals surface area contributed by atoms with Gasteiger partial charge in [-0.05, 0) is 24.1 Å². The average molecular weight is 487 g/mol. The first-order valence-electron chi connectivity index (χ1n) is 8.66. The van der Waals surface area contributed by atoms with Gasteiger partial charge in [0.25, 0.3) is 5.69 Å². The van der Waals surface area contributed by atoms with Gasteiger partial charge in [0.2, 0.25) is 5.52 Å². The summed E-state index contributed by atoms with van der Waals surface area (Å²) in [5.74, 6) is -0.110. The molecule has 4 rings (SSSR count). The number of nitrogen functional groups attached to an aromatic ring is 1. The SMILES string of the molecule is C[n+]1c2c(c(N)c3ccccc31)C(=O)/C(=C/c1cccc([N+](=O)[O-])c1)CC2.[I-]. The molecule has 0 atom stereocenters. The first-order chi connectivity index (χ1) is 13.0. The monoisotopic (exact) mass is 487 g/mol. The van der Waals surface area contributed by atoms with Crippen molar-refractivity contribution in [2.45, 2.75) is 12.8 Å². The second-order valence-electron chi connectivity index (χ2n) is 6.66. The van der Waals surface area contributed by atoms with Gasteiger partial charge in [0, 0.05) is 30.2 Å².